The molecule has 0 bridgehead atoms. The van der Waals surface area contributed by atoms with Gasteiger partial charge in [0.05, 0.1) is 0 Å². The summed E-state index contributed by atoms with van der Waals surface area (Å²) in [5, 5.41) is 11.4. The molecule has 2 aromatic rings. The molecule has 2 aromatic carbocycles. The van der Waals surface area contributed by atoms with Gasteiger partial charge < -0.3 is 5.11 Å². The Hall–Kier alpha value is -2.09. The number of carboxylic acid groups (broad SMARTS) is 1. The zero-order valence-corrected chi connectivity index (χ0v) is 17.5. The maximum atomic E-state index is 10.4. The van der Waals surface area contributed by atoms with Gasteiger partial charge in [0.1, 0.15) is 0 Å². The van der Waals surface area contributed by atoms with E-state index in [0.29, 0.717) is 0 Å². The van der Waals surface area contributed by atoms with Gasteiger partial charge in [-0.15, -0.1) is 0 Å². The van der Waals surface area contributed by atoms with E-state index in [4.69, 9.17) is 5.11 Å². The lowest BCUT2D eigenvalue weighted by atomic mass is 9.93. The molecule has 0 spiro atoms. The van der Waals surface area contributed by atoms with Crippen molar-refractivity contribution >= 4 is 16.7 Å². The summed E-state index contributed by atoms with van der Waals surface area (Å²) >= 11 is 0. The number of carbonyl (C=O) groups is 1. The van der Waals surface area contributed by atoms with Crippen LogP contribution in [0.15, 0.2) is 48.6 Å². The van der Waals surface area contributed by atoms with Gasteiger partial charge in [0.15, 0.2) is 0 Å². The molecule has 0 unspecified atom stereocenters. The van der Waals surface area contributed by atoms with Crippen LogP contribution in [-0.2, 0) is 17.6 Å². The fourth-order valence-electron chi connectivity index (χ4n) is 3.89. The Kier molecular flexibility index (Phi) is 10.4. The summed E-state index contributed by atoms with van der Waals surface area (Å²) in [5.74, 6) is -0.846. The molecule has 1 N–H and O–H groups in total. The summed E-state index contributed by atoms with van der Waals surface area (Å²) in [4.78, 5) is 10.4. The second-order valence-electron chi connectivity index (χ2n) is 7.79. The minimum atomic E-state index is -0.846. The van der Waals surface area contributed by atoms with Crippen molar-refractivity contribution in [2.75, 3.05) is 0 Å². The molecule has 0 saturated carbocycles. The van der Waals surface area contributed by atoms with E-state index in [1.807, 2.05) is 0 Å². The van der Waals surface area contributed by atoms with Gasteiger partial charge >= 0.3 is 5.97 Å². The Morgan fingerprint density at radius 1 is 0.786 bits per heavy atom. The zero-order chi connectivity index (χ0) is 20.0. The molecule has 0 saturated heterocycles. The summed E-state index contributed by atoms with van der Waals surface area (Å²) in [6.07, 6.45) is 17.4. The molecule has 0 atom stereocenters. The predicted octanol–water partition coefficient (Wildman–Crippen LogP) is 7.49. The highest BCUT2D eigenvalue weighted by Gasteiger charge is 2.06. The van der Waals surface area contributed by atoms with E-state index < -0.39 is 5.97 Å². The Morgan fingerprint density at radius 3 is 1.89 bits per heavy atom. The van der Waals surface area contributed by atoms with Crippen molar-refractivity contribution in [2.24, 2.45) is 0 Å². The maximum absolute atomic E-state index is 10.4. The first kappa shape index (κ1) is 22.2. The number of hydrogen-bond acceptors (Lipinski definition) is 1. The second-order valence-corrected chi connectivity index (χ2v) is 7.79. The number of hydrogen-bond donors (Lipinski definition) is 1. The number of fused-ring (bicyclic) bond motifs is 1. The Balaban J connectivity index is 1.74. The van der Waals surface area contributed by atoms with Gasteiger partial charge in [0, 0.05) is 6.08 Å². The van der Waals surface area contributed by atoms with Crippen LogP contribution in [0, 0.1) is 0 Å². The molecular formula is C26H36O2. The van der Waals surface area contributed by atoms with Crippen LogP contribution in [0.4, 0.5) is 0 Å². The van der Waals surface area contributed by atoms with E-state index >= 15 is 0 Å². The number of benzene rings is 2. The van der Waals surface area contributed by atoms with Crippen LogP contribution in [0.1, 0.15) is 82.3 Å². The summed E-state index contributed by atoms with van der Waals surface area (Å²) < 4.78 is 0. The van der Waals surface area contributed by atoms with E-state index in [2.05, 4.69) is 43.3 Å². The molecule has 0 heterocycles. The monoisotopic (exact) mass is 380 g/mol. The van der Waals surface area contributed by atoms with Crippen molar-refractivity contribution in [3.63, 3.8) is 0 Å². The Labute approximate surface area is 170 Å². The van der Waals surface area contributed by atoms with Gasteiger partial charge in [0.25, 0.3) is 0 Å². The largest absolute Gasteiger partial charge is 0.478 e. The molecule has 0 amide bonds. The third-order valence-corrected chi connectivity index (χ3v) is 5.48. The number of carboxylic acids is 1. The van der Waals surface area contributed by atoms with E-state index in [1.165, 1.54) is 85.8 Å². The third kappa shape index (κ3) is 7.88. The van der Waals surface area contributed by atoms with Gasteiger partial charge in [0.2, 0.25) is 0 Å². The first-order valence-corrected chi connectivity index (χ1v) is 11.1. The fourth-order valence-corrected chi connectivity index (χ4v) is 3.89. The summed E-state index contributed by atoms with van der Waals surface area (Å²) in [6.45, 7) is 2.26. The highest BCUT2D eigenvalue weighted by atomic mass is 16.4. The number of allylic oxidation sites excluding steroid dienone is 1. The SMILES string of the molecule is CCCCCc1ccc(CCCCCCCCC=CC(=O)O)c2ccccc12. The predicted molar refractivity (Wildman–Crippen MR) is 120 cm³/mol. The number of rotatable bonds is 14. The molecule has 2 rings (SSSR count). The van der Waals surface area contributed by atoms with Crippen molar-refractivity contribution in [3.05, 3.63) is 59.7 Å². The Bertz CT molecular complexity index is 745. The topological polar surface area (TPSA) is 37.3 Å². The third-order valence-electron chi connectivity index (χ3n) is 5.48. The molecule has 0 aliphatic rings. The summed E-state index contributed by atoms with van der Waals surface area (Å²) in [5.41, 5.74) is 3.00. The van der Waals surface area contributed by atoms with Crippen LogP contribution < -0.4 is 0 Å². The van der Waals surface area contributed by atoms with Gasteiger partial charge in [-0.05, 0) is 60.4 Å². The van der Waals surface area contributed by atoms with Crippen molar-refractivity contribution in [1.82, 2.24) is 0 Å². The lowest BCUT2D eigenvalue weighted by Crippen LogP contribution is -1.93. The van der Waals surface area contributed by atoms with Crippen LogP contribution in [-0.4, -0.2) is 11.1 Å². The average Bonchev–Trinajstić information content (AvgIpc) is 2.70. The average molecular weight is 381 g/mol. The van der Waals surface area contributed by atoms with Crippen molar-refractivity contribution in [2.45, 2.75) is 84.0 Å². The summed E-state index contributed by atoms with van der Waals surface area (Å²) in [6, 6.07) is 13.6. The molecule has 0 aliphatic carbocycles. The molecule has 0 radical (unpaired) electrons. The zero-order valence-electron chi connectivity index (χ0n) is 17.5. The van der Waals surface area contributed by atoms with Crippen LogP contribution in [0.5, 0.6) is 0 Å². The lowest BCUT2D eigenvalue weighted by Gasteiger charge is -2.11. The molecule has 152 valence electrons. The highest BCUT2D eigenvalue weighted by molar-refractivity contribution is 5.88. The van der Waals surface area contributed by atoms with E-state index in [9.17, 15) is 4.79 Å². The quantitative estimate of drug-likeness (QED) is 0.272. The molecule has 0 aromatic heterocycles. The first-order chi connectivity index (χ1) is 13.7. The Morgan fingerprint density at radius 2 is 1.32 bits per heavy atom. The summed E-state index contributed by atoms with van der Waals surface area (Å²) in [7, 11) is 0. The van der Waals surface area contributed by atoms with Gasteiger partial charge in [-0.2, -0.15) is 0 Å². The van der Waals surface area contributed by atoms with Gasteiger partial charge in [-0.1, -0.05) is 87.9 Å². The van der Waals surface area contributed by atoms with Crippen molar-refractivity contribution in [3.8, 4) is 0 Å². The normalized spacial score (nSPS) is 11.5. The van der Waals surface area contributed by atoms with Gasteiger partial charge in [-0.25, -0.2) is 4.79 Å². The number of aliphatic carboxylic acids is 1. The highest BCUT2D eigenvalue weighted by Crippen LogP contribution is 2.26. The minimum absolute atomic E-state index is 0.846. The first-order valence-electron chi connectivity index (χ1n) is 11.1. The molecule has 2 heteroatoms. The van der Waals surface area contributed by atoms with Crippen LogP contribution >= 0.6 is 0 Å². The molecule has 28 heavy (non-hydrogen) atoms. The van der Waals surface area contributed by atoms with Crippen LogP contribution in [0.3, 0.4) is 0 Å². The van der Waals surface area contributed by atoms with Crippen molar-refractivity contribution in [1.29, 1.82) is 0 Å². The molecule has 0 fully saturated rings. The smallest absolute Gasteiger partial charge is 0.327 e. The second kappa shape index (κ2) is 13.1. The lowest BCUT2D eigenvalue weighted by molar-refractivity contribution is -0.131. The number of aryl methyl sites for hydroxylation is 2. The maximum Gasteiger partial charge on any atom is 0.327 e. The van der Waals surface area contributed by atoms with Crippen LogP contribution in [0.25, 0.3) is 10.8 Å². The van der Waals surface area contributed by atoms with Gasteiger partial charge in [-0.3, -0.25) is 0 Å². The van der Waals surface area contributed by atoms with E-state index in [-0.39, 0.29) is 0 Å². The molecular weight excluding hydrogens is 344 g/mol. The van der Waals surface area contributed by atoms with Crippen molar-refractivity contribution < 1.29 is 9.90 Å². The fraction of sp³-hybridized carbons (Fsp3) is 0.500. The number of unbranched alkanes of at least 4 members (excludes halogenated alkanes) is 8. The molecule has 2 nitrogen and oxygen atoms in total. The van der Waals surface area contributed by atoms with E-state index in [1.54, 1.807) is 6.08 Å². The minimum Gasteiger partial charge on any atom is -0.478 e. The van der Waals surface area contributed by atoms with Crippen LogP contribution in [0.2, 0.25) is 0 Å². The van der Waals surface area contributed by atoms with E-state index in [0.717, 1.165) is 19.3 Å². The molecule has 0 aliphatic heterocycles. The standard InChI is InChI=1S/C26H36O2/c1-2-3-10-15-22-20-21-23(25-18-14-13-17-24(22)25)16-11-8-6-4-5-7-9-12-19-26(27)28/h12-14,17-21H,2-11,15-16H2,1H3,(H,27,28).